The maximum absolute atomic E-state index is 6.02. The van der Waals surface area contributed by atoms with Gasteiger partial charge in [0.2, 0.25) is 0 Å². The number of hydrogen-bond donors (Lipinski definition) is 0. The SMILES string of the molecule is CCc1ccccc1SC(C)(CCc1ccc(Cl)cc1)Cn1ccnc1. The van der Waals surface area contributed by atoms with E-state index >= 15 is 0 Å². The third-order valence-electron chi connectivity index (χ3n) is 4.64. The summed E-state index contributed by atoms with van der Waals surface area (Å²) >= 11 is 8.01. The number of aryl methyl sites for hydroxylation is 2. The average Bonchev–Trinajstić information content (AvgIpc) is 3.14. The summed E-state index contributed by atoms with van der Waals surface area (Å²) in [5.74, 6) is 0. The molecule has 0 amide bonds. The average molecular weight is 385 g/mol. The standard InChI is InChI=1S/C22H25ClN2S/c1-3-19-6-4-5-7-21(19)26-22(2,16-25-15-14-24-17-25)13-12-18-8-10-20(23)11-9-18/h4-11,14-15,17H,3,12-13,16H2,1-2H3. The van der Waals surface area contributed by atoms with Crippen molar-refractivity contribution < 1.29 is 0 Å². The Labute approximate surface area is 165 Å². The van der Waals surface area contributed by atoms with E-state index in [2.05, 4.69) is 59.8 Å². The third kappa shape index (κ3) is 5.15. The summed E-state index contributed by atoms with van der Waals surface area (Å²) in [6.07, 6.45) is 8.98. The molecule has 3 rings (SSSR count). The second-order valence-electron chi connectivity index (χ2n) is 6.87. The van der Waals surface area contributed by atoms with Crippen molar-refractivity contribution in [2.24, 2.45) is 0 Å². The topological polar surface area (TPSA) is 17.8 Å². The first-order valence-electron chi connectivity index (χ1n) is 9.05. The van der Waals surface area contributed by atoms with E-state index in [-0.39, 0.29) is 4.75 Å². The van der Waals surface area contributed by atoms with Crippen LogP contribution in [-0.2, 0) is 19.4 Å². The van der Waals surface area contributed by atoms with Gasteiger partial charge in [-0.3, -0.25) is 0 Å². The highest BCUT2D eigenvalue weighted by Crippen LogP contribution is 2.39. The van der Waals surface area contributed by atoms with Crippen molar-refractivity contribution in [2.75, 3.05) is 0 Å². The quantitative estimate of drug-likeness (QED) is 0.425. The summed E-state index contributed by atoms with van der Waals surface area (Å²) < 4.78 is 2.26. The summed E-state index contributed by atoms with van der Waals surface area (Å²) in [6.45, 7) is 5.52. The minimum atomic E-state index is 0.0750. The molecule has 0 aliphatic rings. The van der Waals surface area contributed by atoms with Crippen LogP contribution in [-0.4, -0.2) is 14.3 Å². The maximum Gasteiger partial charge on any atom is 0.0946 e. The van der Waals surface area contributed by atoms with E-state index in [4.69, 9.17) is 11.6 Å². The van der Waals surface area contributed by atoms with Crippen LogP contribution in [0.3, 0.4) is 0 Å². The highest BCUT2D eigenvalue weighted by molar-refractivity contribution is 8.00. The van der Waals surface area contributed by atoms with Gasteiger partial charge in [-0.15, -0.1) is 11.8 Å². The fraction of sp³-hybridized carbons (Fsp3) is 0.318. The van der Waals surface area contributed by atoms with Crippen LogP contribution in [0, 0.1) is 0 Å². The normalized spacial score (nSPS) is 13.5. The lowest BCUT2D eigenvalue weighted by Crippen LogP contribution is -2.27. The van der Waals surface area contributed by atoms with Gasteiger partial charge in [0.05, 0.1) is 6.33 Å². The van der Waals surface area contributed by atoms with Gasteiger partial charge in [-0.2, -0.15) is 0 Å². The molecule has 0 saturated heterocycles. The molecule has 1 unspecified atom stereocenters. The number of imidazole rings is 1. The maximum atomic E-state index is 6.02. The molecule has 26 heavy (non-hydrogen) atoms. The lowest BCUT2D eigenvalue weighted by atomic mass is 10.00. The Morgan fingerprint density at radius 2 is 1.88 bits per heavy atom. The Balaban J connectivity index is 1.80. The molecule has 0 bridgehead atoms. The van der Waals surface area contributed by atoms with Crippen LogP contribution in [0.5, 0.6) is 0 Å². The van der Waals surface area contributed by atoms with Crippen molar-refractivity contribution in [3.05, 3.63) is 83.4 Å². The van der Waals surface area contributed by atoms with Crippen LogP contribution in [0.4, 0.5) is 0 Å². The first kappa shape index (κ1) is 19.1. The molecule has 2 aromatic carbocycles. The van der Waals surface area contributed by atoms with Gasteiger partial charge in [0.25, 0.3) is 0 Å². The molecule has 3 aromatic rings. The van der Waals surface area contributed by atoms with Crippen molar-refractivity contribution in [3.8, 4) is 0 Å². The van der Waals surface area contributed by atoms with Crippen molar-refractivity contribution in [3.63, 3.8) is 0 Å². The Hall–Kier alpha value is -1.71. The number of halogens is 1. The summed E-state index contributed by atoms with van der Waals surface area (Å²) in [5, 5.41) is 0.793. The van der Waals surface area contributed by atoms with Crippen LogP contribution in [0.25, 0.3) is 0 Å². The minimum Gasteiger partial charge on any atom is -0.336 e. The zero-order valence-corrected chi connectivity index (χ0v) is 16.9. The van der Waals surface area contributed by atoms with Crippen LogP contribution < -0.4 is 0 Å². The minimum absolute atomic E-state index is 0.0750. The van der Waals surface area contributed by atoms with Crippen molar-refractivity contribution in [1.82, 2.24) is 9.55 Å². The molecule has 0 spiro atoms. The third-order valence-corrected chi connectivity index (χ3v) is 6.34. The Morgan fingerprint density at radius 1 is 1.12 bits per heavy atom. The smallest absolute Gasteiger partial charge is 0.0946 e. The Kier molecular flexibility index (Phi) is 6.44. The van der Waals surface area contributed by atoms with E-state index in [1.165, 1.54) is 16.0 Å². The van der Waals surface area contributed by atoms with Crippen LogP contribution in [0.15, 0.2) is 72.1 Å². The van der Waals surface area contributed by atoms with Gasteiger partial charge in [0.1, 0.15) is 0 Å². The van der Waals surface area contributed by atoms with Crippen molar-refractivity contribution >= 4 is 23.4 Å². The Morgan fingerprint density at radius 3 is 2.58 bits per heavy atom. The number of rotatable bonds is 8. The van der Waals surface area contributed by atoms with E-state index in [9.17, 15) is 0 Å². The van der Waals surface area contributed by atoms with E-state index in [1.807, 2.05) is 42.6 Å². The molecular formula is C22H25ClN2S. The molecule has 0 radical (unpaired) electrons. The molecule has 1 atom stereocenters. The summed E-state index contributed by atoms with van der Waals surface area (Å²) in [7, 11) is 0. The molecule has 0 saturated carbocycles. The van der Waals surface area contributed by atoms with Gasteiger partial charge >= 0.3 is 0 Å². The fourth-order valence-corrected chi connectivity index (χ4v) is 4.71. The predicted octanol–water partition coefficient (Wildman–Crippen LogP) is 6.28. The number of hydrogen-bond acceptors (Lipinski definition) is 2. The first-order chi connectivity index (χ1) is 12.6. The van der Waals surface area contributed by atoms with Gasteiger partial charge in [-0.25, -0.2) is 4.98 Å². The molecule has 136 valence electrons. The van der Waals surface area contributed by atoms with Crippen LogP contribution in [0.2, 0.25) is 5.02 Å². The largest absolute Gasteiger partial charge is 0.336 e. The van der Waals surface area contributed by atoms with E-state index in [0.717, 1.165) is 30.8 Å². The highest BCUT2D eigenvalue weighted by atomic mass is 35.5. The van der Waals surface area contributed by atoms with Crippen molar-refractivity contribution in [1.29, 1.82) is 0 Å². The molecular weight excluding hydrogens is 360 g/mol. The number of benzene rings is 2. The van der Waals surface area contributed by atoms with Gasteiger partial charge in [0.15, 0.2) is 0 Å². The van der Waals surface area contributed by atoms with Gasteiger partial charge < -0.3 is 4.57 Å². The van der Waals surface area contributed by atoms with E-state index < -0.39 is 0 Å². The number of aromatic nitrogens is 2. The van der Waals surface area contributed by atoms with Gasteiger partial charge in [-0.1, -0.05) is 48.9 Å². The lowest BCUT2D eigenvalue weighted by molar-refractivity contribution is 0.495. The Bertz CT molecular complexity index is 814. The number of nitrogens with zero attached hydrogens (tertiary/aromatic N) is 2. The zero-order valence-electron chi connectivity index (χ0n) is 15.4. The van der Waals surface area contributed by atoms with Gasteiger partial charge in [0, 0.05) is 33.6 Å². The van der Waals surface area contributed by atoms with Crippen molar-refractivity contribution in [2.45, 2.75) is 49.3 Å². The number of thioether (sulfide) groups is 1. The molecule has 1 aromatic heterocycles. The molecule has 0 fully saturated rings. The molecule has 2 nitrogen and oxygen atoms in total. The molecule has 0 aliphatic heterocycles. The molecule has 4 heteroatoms. The summed E-state index contributed by atoms with van der Waals surface area (Å²) in [6, 6.07) is 17.0. The van der Waals surface area contributed by atoms with Gasteiger partial charge in [-0.05, 0) is 55.5 Å². The highest BCUT2D eigenvalue weighted by Gasteiger charge is 2.27. The van der Waals surface area contributed by atoms with E-state index in [1.54, 1.807) is 0 Å². The van der Waals surface area contributed by atoms with E-state index in [0.29, 0.717) is 0 Å². The van der Waals surface area contributed by atoms with Crippen LogP contribution in [0.1, 0.15) is 31.4 Å². The molecule has 1 heterocycles. The first-order valence-corrected chi connectivity index (χ1v) is 10.2. The zero-order chi connectivity index (χ0) is 18.4. The second-order valence-corrected chi connectivity index (χ2v) is 8.94. The fourth-order valence-electron chi connectivity index (χ4n) is 3.15. The molecule has 0 N–H and O–H groups in total. The lowest BCUT2D eigenvalue weighted by Gasteiger charge is -2.30. The molecule has 0 aliphatic carbocycles. The monoisotopic (exact) mass is 384 g/mol. The summed E-state index contributed by atoms with van der Waals surface area (Å²) in [4.78, 5) is 5.60. The predicted molar refractivity (Wildman–Crippen MR) is 112 cm³/mol. The summed E-state index contributed by atoms with van der Waals surface area (Å²) in [5.41, 5.74) is 2.75. The second kappa shape index (κ2) is 8.79. The van der Waals surface area contributed by atoms with Crippen LogP contribution >= 0.6 is 23.4 Å².